The number of aryl methyl sites for hydroxylation is 1. The number of hydrogen-bond donors (Lipinski definition) is 2. The molecule has 0 aliphatic rings. The summed E-state index contributed by atoms with van der Waals surface area (Å²) in [5.41, 5.74) is 0.0540. The fourth-order valence-electron chi connectivity index (χ4n) is 2.84. The van der Waals surface area contributed by atoms with Crippen LogP contribution in [-0.4, -0.2) is 21.8 Å². The molecular formula is C21H13F7N4O3. The molecular weight excluding hydrogens is 489 g/mol. The molecule has 0 radical (unpaired) electrons. The van der Waals surface area contributed by atoms with Crippen molar-refractivity contribution >= 4 is 17.5 Å². The van der Waals surface area contributed by atoms with Gasteiger partial charge in [-0.2, -0.15) is 26.3 Å². The van der Waals surface area contributed by atoms with E-state index in [0.717, 1.165) is 31.3 Å². The van der Waals surface area contributed by atoms with Gasteiger partial charge in [-0.1, -0.05) is 0 Å². The summed E-state index contributed by atoms with van der Waals surface area (Å²) in [6.07, 6.45) is -8.89. The lowest BCUT2D eigenvalue weighted by Gasteiger charge is -2.17. The SMILES string of the molecule is Cc1nc(C(F)(F)F)ccc1Oc1ccc(C(F)(F)F)c(F)c1C(=O)Nc1ccnc(C(N)=O)c1. The molecule has 184 valence electrons. The van der Waals surface area contributed by atoms with Crippen molar-refractivity contribution in [2.75, 3.05) is 5.32 Å². The van der Waals surface area contributed by atoms with E-state index in [-0.39, 0.29) is 22.8 Å². The topological polar surface area (TPSA) is 107 Å². The molecule has 0 spiro atoms. The second kappa shape index (κ2) is 9.19. The van der Waals surface area contributed by atoms with Crippen LogP contribution in [0.3, 0.4) is 0 Å². The van der Waals surface area contributed by atoms with E-state index in [1.54, 1.807) is 0 Å². The van der Waals surface area contributed by atoms with E-state index >= 15 is 0 Å². The number of ether oxygens (including phenoxy) is 1. The number of benzene rings is 1. The number of carbonyl (C=O) groups is 2. The molecule has 2 heterocycles. The summed E-state index contributed by atoms with van der Waals surface area (Å²) < 4.78 is 98.5. The molecule has 0 atom stereocenters. The van der Waals surface area contributed by atoms with Crippen molar-refractivity contribution in [3.8, 4) is 11.5 Å². The largest absolute Gasteiger partial charge is 0.455 e. The molecule has 0 aliphatic carbocycles. The Labute approximate surface area is 191 Å². The number of alkyl halides is 6. The van der Waals surface area contributed by atoms with Gasteiger partial charge in [-0.05, 0) is 43.3 Å². The van der Waals surface area contributed by atoms with Crippen molar-refractivity contribution < 1.29 is 45.1 Å². The summed E-state index contributed by atoms with van der Waals surface area (Å²) in [6, 6.07) is 4.47. The Balaban J connectivity index is 2.06. The third-order valence-corrected chi connectivity index (χ3v) is 4.45. The number of hydrogen-bond acceptors (Lipinski definition) is 5. The Kier molecular flexibility index (Phi) is 6.67. The van der Waals surface area contributed by atoms with Crippen molar-refractivity contribution in [2.45, 2.75) is 19.3 Å². The standard InChI is InChI=1S/C21H13F7N4O3/c1-9-13(4-5-15(31-9)21(26,27)28)35-14-3-2-11(20(23,24)25)17(22)16(14)19(34)32-10-6-7-30-12(8-10)18(29)33/h2-8H,1H3,(H2,29,33)(H,30,32,34). The molecule has 0 bridgehead atoms. The summed E-state index contributed by atoms with van der Waals surface area (Å²) in [6.45, 7) is 1.12. The zero-order chi connectivity index (χ0) is 26.1. The highest BCUT2D eigenvalue weighted by Gasteiger charge is 2.38. The summed E-state index contributed by atoms with van der Waals surface area (Å²) in [5.74, 6) is -5.48. The van der Waals surface area contributed by atoms with E-state index in [4.69, 9.17) is 10.5 Å². The Morgan fingerprint density at radius 2 is 1.63 bits per heavy atom. The maximum Gasteiger partial charge on any atom is 0.433 e. The zero-order valence-corrected chi connectivity index (χ0v) is 17.4. The number of amides is 2. The Hall–Kier alpha value is -4.23. The number of pyridine rings is 2. The van der Waals surface area contributed by atoms with Crippen LogP contribution < -0.4 is 15.8 Å². The molecule has 3 rings (SSSR count). The maximum absolute atomic E-state index is 14.9. The maximum atomic E-state index is 14.9. The predicted molar refractivity (Wildman–Crippen MR) is 106 cm³/mol. The van der Waals surface area contributed by atoms with Gasteiger partial charge in [0.2, 0.25) is 0 Å². The highest BCUT2D eigenvalue weighted by molar-refractivity contribution is 6.07. The Morgan fingerprint density at radius 3 is 2.20 bits per heavy atom. The van der Waals surface area contributed by atoms with Crippen LogP contribution >= 0.6 is 0 Å². The van der Waals surface area contributed by atoms with Crippen LogP contribution in [-0.2, 0) is 12.4 Å². The molecule has 0 fully saturated rings. The molecule has 3 aromatic rings. The third kappa shape index (κ3) is 5.65. The molecule has 14 heteroatoms. The normalized spacial score (nSPS) is 11.8. The number of aromatic nitrogens is 2. The summed E-state index contributed by atoms with van der Waals surface area (Å²) in [7, 11) is 0. The first kappa shape index (κ1) is 25.4. The second-order valence-corrected chi connectivity index (χ2v) is 6.93. The summed E-state index contributed by atoms with van der Waals surface area (Å²) >= 11 is 0. The first-order valence-electron chi connectivity index (χ1n) is 9.38. The summed E-state index contributed by atoms with van der Waals surface area (Å²) in [5, 5.41) is 2.10. The first-order chi connectivity index (χ1) is 16.2. The van der Waals surface area contributed by atoms with Crippen LogP contribution in [0, 0.1) is 12.7 Å². The quantitative estimate of drug-likeness (QED) is 0.472. The van der Waals surface area contributed by atoms with Gasteiger partial charge in [-0.3, -0.25) is 14.6 Å². The number of anilines is 1. The fraction of sp³-hybridized carbons (Fsp3) is 0.143. The minimum absolute atomic E-state index is 0.158. The average molecular weight is 502 g/mol. The lowest BCUT2D eigenvalue weighted by atomic mass is 10.1. The van der Waals surface area contributed by atoms with Gasteiger partial charge in [0.05, 0.1) is 11.3 Å². The average Bonchev–Trinajstić information content (AvgIpc) is 2.73. The van der Waals surface area contributed by atoms with Crippen LogP contribution in [0.4, 0.5) is 36.4 Å². The lowest BCUT2D eigenvalue weighted by molar-refractivity contribution is -0.141. The van der Waals surface area contributed by atoms with Gasteiger partial charge < -0.3 is 15.8 Å². The highest BCUT2D eigenvalue weighted by Crippen LogP contribution is 2.38. The van der Waals surface area contributed by atoms with E-state index in [2.05, 4.69) is 15.3 Å². The number of rotatable bonds is 5. The number of nitrogens with two attached hydrogens (primary N) is 1. The fourth-order valence-corrected chi connectivity index (χ4v) is 2.84. The van der Waals surface area contributed by atoms with E-state index in [9.17, 15) is 40.3 Å². The first-order valence-corrected chi connectivity index (χ1v) is 9.38. The molecule has 0 unspecified atom stereocenters. The molecule has 7 nitrogen and oxygen atoms in total. The molecule has 0 saturated heterocycles. The van der Waals surface area contributed by atoms with Crippen LogP contribution in [0.15, 0.2) is 42.6 Å². The molecule has 2 amide bonds. The van der Waals surface area contributed by atoms with E-state index < -0.39 is 52.6 Å². The van der Waals surface area contributed by atoms with E-state index in [1.165, 1.54) is 0 Å². The third-order valence-electron chi connectivity index (χ3n) is 4.45. The van der Waals surface area contributed by atoms with Gasteiger partial charge >= 0.3 is 12.4 Å². The van der Waals surface area contributed by atoms with E-state index in [0.29, 0.717) is 18.2 Å². The van der Waals surface area contributed by atoms with Crippen molar-refractivity contribution in [2.24, 2.45) is 5.73 Å². The molecule has 1 aromatic carbocycles. The van der Waals surface area contributed by atoms with Gasteiger partial charge in [0, 0.05) is 11.9 Å². The van der Waals surface area contributed by atoms with Gasteiger partial charge in [-0.25, -0.2) is 9.37 Å². The van der Waals surface area contributed by atoms with Crippen LogP contribution in [0.2, 0.25) is 0 Å². The lowest BCUT2D eigenvalue weighted by Crippen LogP contribution is -2.19. The monoisotopic (exact) mass is 502 g/mol. The van der Waals surface area contributed by atoms with Crippen molar-refractivity contribution in [1.82, 2.24) is 9.97 Å². The highest BCUT2D eigenvalue weighted by atomic mass is 19.4. The molecule has 0 saturated carbocycles. The number of halogens is 7. The molecule has 3 N–H and O–H groups in total. The molecule has 0 aliphatic heterocycles. The van der Waals surface area contributed by atoms with Gasteiger partial charge in [0.1, 0.15) is 28.5 Å². The smallest absolute Gasteiger partial charge is 0.433 e. The minimum atomic E-state index is -5.18. The predicted octanol–water partition coefficient (Wildman–Crippen LogP) is 5.11. The molecule has 2 aromatic heterocycles. The zero-order valence-electron chi connectivity index (χ0n) is 17.4. The summed E-state index contributed by atoms with van der Waals surface area (Å²) in [4.78, 5) is 31.0. The van der Waals surface area contributed by atoms with Crippen molar-refractivity contribution in [1.29, 1.82) is 0 Å². The van der Waals surface area contributed by atoms with Gasteiger partial charge in [0.15, 0.2) is 5.82 Å². The van der Waals surface area contributed by atoms with Crippen molar-refractivity contribution in [3.63, 3.8) is 0 Å². The van der Waals surface area contributed by atoms with Gasteiger partial charge in [0.25, 0.3) is 11.8 Å². The minimum Gasteiger partial charge on any atom is -0.455 e. The van der Waals surface area contributed by atoms with Crippen LogP contribution in [0.5, 0.6) is 11.5 Å². The number of carbonyl (C=O) groups excluding carboxylic acids is 2. The Bertz CT molecular complexity index is 1310. The Morgan fingerprint density at radius 1 is 0.971 bits per heavy atom. The number of primary amides is 1. The van der Waals surface area contributed by atoms with Crippen LogP contribution in [0.25, 0.3) is 0 Å². The van der Waals surface area contributed by atoms with E-state index in [1.807, 2.05) is 0 Å². The number of nitrogens with zero attached hydrogens (tertiary/aromatic N) is 2. The van der Waals surface area contributed by atoms with Gasteiger partial charge in [-0.15, -0.1) is 0 Å². The number of nitrogens with one attached hydrogen (secondary N) is 1. The second-order valence-electron chi connectivity index (χ2n) is 6.93. The van der Waals surface area contributed by atoms with Crippen molar-refractivity contribution in [3.05, 3.63) is 76.6 Å². The molecule has 35 heavy (non-hydrogen) atoms. The van der Waals surface area contributed by atoms with Crippen LogP contribution in [0.1, 0.15) is 37.8 Å².